The van der Waals surface area contributed by atoms with Crippen LogP contribution in [0.4, 0.5) is 0 Å². The summed E-state index contributed by atoms with van der Waals surface area (Å²) in [5, 5.41) is 1.70. The second-order valence-corrected chi connectivity index (χ2v) is 8.96. The molecule has 1 atom stereocenters. The highest BCUT2D eigenvalue weighted by Crippen LogP contribution is 2.34. The lowest BCUT2D eigenvalue weighted by atomic mass is 10.2. The molecule has 4 rings (SSSR count). The number of nitrogens with zero attached hydrogens (tertiary/aromatic N) is 3. The third-order valence-electron chi connectivity index (χ3n) is 4.67. The zero-order chi connectivity index (χ0) is 19.3. The number of H-pyrrole nitrogens is 1. The number of aryl methyl sites for hydroxylation is 2. The average Bonchev–Trinajstić information content (AvgIpc) is 2.93. The molecule has 0 amide bonds. The Morgan fingerprint density at radius 2 is 1.93 bits per heavy atom. The van der Waals surface area contributed by atoms with E-state index in [0.717, 1.165) is 15.3 Å². The van der Waals surface area contributed by atoms with Crippen LogP contribution in [0.25, 0.3) is 21.1 Å². The Morgan fingerprint density at radius 1 is 1.19 bits per heavy atom. The van der Waals surface area contributed by atoms with E-state index in [2.05, 4.69) is 9.97 Å². The number of thioether (sulfide) groups is 1. The molecule has 138 valence electrons. The van der Waals surface area contributed by atoms with Gasteiger partial charge in [-0.1, -0.05) is 23.9 Å². The molecular formula is C19H18N4O2S2. The first kappa shape index (κ1) is 17.9. The lowest BCUT2D eigenvalue weighted by molar-refractivity contribution is 0.723. The lowest BCUT2D eigenvalue weighted by Gasteiger charge is -2.13. The summed E-state index contributed by atoms with van der Waals surface area (Å²) in [7, 11) is 1.73. The Balaban J connectivity index is 1.77. The third-order valence-corrected chi connectivity index (χ3v) is 6.92. The summed E-state index contributed by atoms with van der Waals surface area (Å²) < 4.78 is 1.57. The molecule has 6 nitrogen and oxygen atoms in total. The van der Waals surface area contributed by atoms with Gasteiger partial charge in [0.2, 0.25) is 0 Å². The number of hydrogen-bond donors (Lipinski definition) is 1. The second kappa shape index (κ2) is 6.61. The van der Waals surface area contributed by atoms with Crippen molar-refractivity contribution < 1.29 is 0 Å². The maximum atomic E-state index is 12.8. The minimum atomic E-state index is -0.167. The maximum Gasteiger partial charge on any atom is 0.262 e. The number of aromatic amines is 1. The molecule has 0 radical (unpaired) electrons. The highest BCUT2D eigenvalue weighted by atomic mass is 32.2. The lowest BCUT2D eigenvalue weighted by Crippen LogP contribution is -2.20. The van der Waals surface area contributed by atoms with Crippen LogP contribution in [0.1, 0.15) is 28.4 Å². The Hall–Kier alpha value is -2.45. The molecule has 0 aliphatic carbocycles. The topological polar surface area (TPSA) is 80.6 Å². The Morgan fingerprint density at radius 3 is 2.70 bits per heavy atom. The van der Waals surface area contributed by atoms with Crippen molar-refractivity contribution in [2.75, 3.05) is 0 Å². The normalized spacial score (nSPS) is 12.7. The Labute approximate surface area is 163 Å². The van der Waals surface area contributed by atoms with E-state index in [1.165, 1.54) is 23.1 Å². The summed E-state index contributed by atoms with van der Waals surface area (Å²) >= 11 is 2.94. The van der Waals surface area contributed by atoms with Gasteiger partial charge in [-0.3, -0.25) is 14.2 Å². The van der Waals surface area contributed by atoms with Crippen molar-refractivity contribution in [2.45, 2.75) is 31.2 Å². The van der Waals surface area contributed by atoms with Gasteiger partial charge in [0.05, 0.1) is 21.5 Å². The van der Waals surface area contributed by atoms with Crippen LogP contribution in [0.5, 0.6) is 0 Å². The van der Waals surface area contributed by atoms with Crippen LogP contribution < -0.4 is 11.1 Å². The second-order valence-electron chi connectivity index (χ2n) is 6.45. The molecule has 4 aromatic rings. The van der Waals surface area contributed by atoms with Crippen LogP contribution in [0.3, 0.4) is 0 Å². The van der Waals surface area contributed by atoms with Gasteiger partial charge in [0.25, 0.3) is 11.1 Å². The fraction of sp³-hybridized carbons (Fsp3) is 0.263. The number of para-hydroxylation sites is 1. The van der Waals surface area contributed by atoms with Crippen LogP contribution in [-0.4, -0.2) is 19.5 Å². The standard InChI is InChI=1S/C19H18N4O2S2/c1-9-10(2)26-17-14(9)18(25)23(4)19(22-17)27-11(3)15-20-13-8-6-5-7-12(13)16(24)21-15/h5-8,11H,1-4H3,(H,20,21,24)/t11-/m0/s1. The highest BCUT2D eigenvalue weighted by Gasteiger charge is 2.19. The number of nitrogens with one attached hydrogen (secondary N) is 1. The number of aromatic nitrogens is 4. The van der Waals surface area contributed by atoms with Gasteiger partial charge >= 0.3 is 0 Å². The van der Waals surface area contributed by atoms with E-state index in [-0.39, 0.29) is 16.4 Å². The van der Waals surface area contributed by atoms with Crippen LogP contribution in [0, 0.1) is 13.8 Å². The van der Waals surface area contributed by atoms with Crippen LogP contribution in [-0.2, 0) is 7.05 Å². The molecule has 0 saturated carbocycles. The molecule has 0 fully saturated rings. The number of fused-ring (bicyclic) bond motifs is 2. The monoisotopic (exact) mass is 398 g/mol. The van der Waals surface area contributed by atoms with E-state index in [0.29, 0.717) is 27.3 Å². The van der Waals surface area contributed by atoms with E-state index >= 15 is 0 Å². The molecule has 0 saturated heterocycles. The minimum Gasteiger partial charge on any atom is -0.309 e. The summed E-state index contributed by atoms with van der Waals surface area (Å²) in [6, 6.07) is 7.25. The van der Waals surface area contributed by atoms with E-state index in [1.54, 1.807) is 17.7 Å². The van der Waals surface area contributed by atoms with Crippen molar-refractivity contribution in [1.82, 2.24) is 19.5 Å². The van der Waals surface area contributed by atoms with Crippen molar-refractivity contribution in [3.63, 3.8) is 0 Å². The van der Waals surface area contributed by atoms with E-state index in [4.69, 9.17) is 4.98 Å². The first-order valence-corrected chi connectivity index (χ1v) is 10.2. The molecule has 0 unspecified atom stereocenters. The van der Waals surface area contributed by atoms with Gasteiger partial charge in [0, 0.05) is 11.9 Å². The van der Waals surface area contributed by atoms with Crippen molar-refractivity contribution in [3.05, 3.63) is 61.2 Å². The maximum absolute atomic E-state index is 12.8. The van der Waals surface area contributed by atoms with Gasteiger partial charge in [0.1, 0.15) is 10.7 Å². The SMILES string of the molecule is Cc1sc2nc(S[C@@H](C)c3nc4ccccc4c(=O)[nH]3)n(C)c(=O)c2c1C. The van der Waals surface area contributed by atoms with Gasteiger partial charge in [-0.2, -0.15) is 0 Å². The van der Waals surface area contributed by atoms with Gasteiger partial charge in [-0.05, 0) is 38.5 Å². The molecule has 8 heteroatoms. The number of hydrogen-bond acceptors (Lipinski definition) is 6. The molecule has 0 bridgehead atoms. The first-order chi connectivity index (χ1) is 12.9. The zero-order valence-electron chi connectivity index (χ0n) is 15.4. The zero-order valence-corrected chi connectivity index (χ0v) is 17.0. The Bertz CT molecular complexity index is 1300. The van der Waals surface area contributed by atoms with Gasteiger partial charge in [0.15, 0.2) is 5.16 Å². The van der Waals surface area contributed by atoms with Gasteiger partial charge in [-0.15, -0.1) is 11.3 Å². The minimum absolute atomic E-state index is 0.0449. The van der Waals surface area contributed by atoms with E-state index < -0.39 is 0 Å². The van der Waals surface area contributed by atoms with E-state index in [1.807, 2.05) is 39.0 Å². The summed E-state index contributed by atoms with van der Waals surface area (Å²) in [6.07, 6.45) is 0. The molecule has 1 aromatic carbocycles. The van der Waals surface area contributed by atoms with Gasteiger partial charge in [-0.25, -0.2) is 9.97 Å². The van der Waals surface area contributed by atoms with Crippen LogP contribution in [0.2, 0.25) is 0 Å². The predicted molar refractivity (Wildman–Crippen MR) is 111 cm³/mol. The largest absolute Gasteiger partial charge is 0.309 e. The van der Waals surface area contributed by atoms with Gasteiger partial charge < -0.3 is 4.98 Å². The smallest absolute Gasteiger partial charge is 0.262 e. The summed E-state index contributed by atoms with van der Waals surface area (Å²) in [6.45, 7) is 5.90. The number of benzene rings is 1. The highest BCUT2D eigenvalue weighted by molar-refractivity contribution is 7.99. The Kier molecular flexibility index (Phi) is 4.39. The first-order valence-electron chi connectivity index (χ1n) is 8.49. The summed E-state index contributed by atoms with van der Waals surface area (Å²) in [5.74, 6) is 0.566. The number of rotatable bonds is 3. The fourth-order valence-electron chi connectivity index (χ4n) is 2.97. The predicted octanol–water partition coefficient (Wildman–Crippen LogP) is 3.70. The molecule has 1 N–H and O–H groups in total. The molecular weight excluding hydrogens is 380 g/mol. The molecule has 27 heavy (non-hydrogen) atoms. The third kappa shape index (κ3) is 2.98. The number of thiophene rings is 1. The molecule has 0 aliphatic heterocycles. The molecule has 0 spiro atoms. The van der Waals surface area contributed by atoms with Crippen molar-refractivity contribution in [3.8, 4) is 0 Å². The molecule has 3 aromatic heterocycles. The summed E-state index contributed by atoms with van der Waals surface area (Å²) in [4.78, 5) is 39.1. The molecule has 3 heterocycles. The fourth-order valence-corrected chi connectivity index (χ4v) is 4.97. The van der Waals surface area contributed by atoms with Crippen molar-refractivity contribution >= 4 is 44.2 Å². The summed E-state index contributed by atoms with van der Waals surface area (Å²) in [5.41, 5.74) is 1.44. The van der Waals surface area contributed by atoms with Crippen LogP contribution >= 0.6 is 23.1 Å². The molecule has 0 aliphatic rings. The van der Waals surface area contributed by atoms with E-state index in [9.17, 15) is 9.59 Å². The van der Waals surface area contributed by atoms with Crippen molar-refractivity contribution in [1.29, 1.82) is 0 Å². The average molecular weight is 399 g/mol. The van der Waals surface area contributed by atoms with Crippen molar-refractivity contribution in [2.24, 2.45) is 7.05 Å². The quantitative estimate of drug-likeness (QED) is 0.420. The van der Waals surface area contributed by atoms with Crippen LogP contribution in [0.15, 0.2) is 39.0 Å².